The van der Waals surface area contributed by atoms with Gasteiger partial charge in [-0.15, -0.1) is 0 Å². The maximum absolute atomic E-state index is 14.8. The van der Waals surface area contributed by atoms with Gasteiger partial charge in [0.05, 0.1) is 36.0 Å². The average Bonchev–Trinajstić information content (AvgIpc) is 3.56. The van der Waals surface area contributed by atoms with Gasteiger partial charge >= 0.3 is 23.9 Å². The van der Waals surface area contributed by atoms with Gasteiger partial charge in [0, 0.05) is 23.0 Å². The van der Waals surface area contributed by atoms with Crippen molar-refractivity contribution < 1.29 is 56.8 Å². The summed E-state index contributed by atoms with van der Waals surface area (Å²) in [4.78, 5) is 70.0. The molecule has 2 saturated carbocycles. The minimum Gasteiger partial charge on any atom is -0.497 e. The number of carbonyl (C=O) groups is 4. The zero-order valence-corrected chi connectivity index (χ0v) is 31.6. The van der Waals surface area contributed by atoms with Crippen molar-refractivity contribution in [3.8, 4) is 17.2 Å². The zero-order valence-electron chi connectivity index (χ0n) is 31.6. The lowest BCUT2D eigenvalue weighted by atomic mass is 9.66. The van der Waals surface area contributed by atoms with Crippen LogP contribution in [0.1, 0.15) is 92.7 Å². The first kappa shape index (κ1) is 35.2. The molecule has 8 rings (SSSR count). The van der Waals surface area contributed by atoms with Crippen LogP contribution in [-0.4, -0.2) is 61.0 Å². The summed E-state index contributed by atoms with van der Waals surface area (Å²) in [6, 6.07) is 6.27. The number of rotatable bonds is 6. The molecule has 5 aliphatic rings. The number of methoxy groups -OCH3 is 2. The summed E-state index contributed by atoms with van der Waals surface area (Å²) in [5.41, 5.74) is -8.67. The summed E-state index contributed by atoms with van der Waals surface area (Å²) in [5, 5.41) is 0.274. The average molecular weight is 733 g/mol. The van der Waals surface area contributed by atoms with E-state index in [1.165, 1.54) is 20.3 Å². The monoisotopic (exact) mass is 732 g/mol. The molecule has 4 unspecified atom stereocenters. The highest BCUT2D eigenvalue weighted by atomic mass is 16.7. The molecule has 0 spiro atoms. The molecule has 1 aromatic heterocycles. The SMILES string of the molecule is COc1ccc2c(=O)c3c(OC)cc4c(c3oc2c1)[C@@H](OC(=O)C12CCC(C)(C(=O)O1)C2(C)C)[C@@H](OC(=O)C12CCC(C)(C(=O)O1)C2(C)C)C(C)(C)O4. The van der Waals surface area contributed by atoms with Crippen molar-refractivity contribution in [2.24, 2.45) is 21.7 Å². The first-order chi connectivity index (χ1) is 24.7. The van der Waals surface area contributed by atoms with Crippen LogP contribution in [0.2, 0.25) is 0 Å². The van der Waals surface area contributed by atoms with E-state index >= 15 is 0 Å². The van der Waals surface area contributed by atoms with Crippen molar-refractivity contribution in [2.45, 2.75) is 110 Å². The third-order valence-corrected chi connectivity index (χ3v) is 14.3. The minimum absolute atomic E-state index is 0.0323. The molecule has 0 N–H and O–H groups in total. The van der Waals surface area contributed by atoms with Crippen molar-refractivity contribution in [3.63, 3.8) is 0 Å². The van der Waals surface area contributed by atoms with Crippen molar-refractivity contribution in [2.75, 3.05) is 14.2 Å². The van der Waals surface area contributed by atoms with Gasteiger partial charge in [0.1, 0.15) is 33.8 Å². The number of hydrogen-bond acceptors (Lipinski definition) is 13. The van der Waals surface area contributed by atoms with Crippen LogP contribution in [-0.2, 0) is 38.1 Å². The van der Waals surface area contributed by atoms with Gasteiger partial charge in [0.2, 0.25) is 16.6 Å². The van der Waals surface area contributed by atoms with E-state index in [9.17, 15) is 24.0 Å². The highest BCUT2D eigenvalue weighted by Crippen LogP contribution is 2.68. The van der Waals surface area contributed by atoms with Crippen LogP contribution in [0.4, 0.5) is 0 Å². The molecule has 6 atom stereocenters. The number of carbonyl (C=O) groups excluding carboxylic acids is 4. The number of fused-ring (bicyclic) bond motifs is 8. The summed E-state index contributed by atoms with van der Waals surface area (Å²) in [7, 11) is 2.89. The van der Waals surface area contributed by atoms with E-state index in [-0.39, 0.29) is 51.8 Å². The lowest BCUT2D eigenvalue weighted by Gasteiger charge is -2.46. The smallest absolute Gasteiger partial charge is 0.351 e. The minimum atomic E-state index is -1.66. The van der Waals surface area contributed by atoms with Gasteiger partial charge in [0.25, 0.3) is 0 Å². The number of hydrogen-bond donors (Lipinski definition) is 0. The third-order valence-electron chi connectivity index (χ3n) is 14.3. The lowest BCUT2D eigenvalue weighted by molar-refractivity contribution is -0.217. The maximum Gasteiger partial charge on any atom is 0.351 e. The summed E-state index contributed by atoms with van der Waals surface area (Å²) in [5.74, 6) is -1.96. The molecule has 4 fully saturated rings. The van der Waals surface area contributed by atoms with Crippen molar-refractivity contribution >= 4 is 45.8 Å². The Morgan fingerprint density at radius 1 is 0.717 bits per heavy atom. The highest BCUT2D eigenvalue weighted by Gasteiger charge is 2.78. The van der Waals surface area contributed by atoms with E-state index in [0.29, 0.717) is 18.6 Å². The second-order valence-corrected chi connectivity index (χ2v) is 17.2. The topological polar surface area (TPSA) is 163 Å². The Morgan fingerprint density at radius 2 is 1.28 bits per heavy atom. The van der Waals surface area contributed by atoms with Gasteiger partial charge in [-0.3, -0.25) is 14.4 Å². The van der Waals surface area contributed by atoms with E-state index in [0.717, 1.165) is 0 Å². The predicted octanol–water partition coefficient (Wildman–Crippen LogP) is 5.87. The van der Waals surface area contributed by atoms with Gasteiger partial charge in [-0.2, -0.15) is 0 Å². The molecule has 13 heteroatoms. The van der Waals surface area contributed by atoms with Crippen LogP contribution in [0, 0.1) is 21.7 Å². The largest absolute Gasteiger partial charge is 0.497 e. The quantitative estimate of drug-likeness (QED) is 0.168. The van der Waals surface area contributed by atoms with Gasteiger partial charge in [-0.25, -0.2) is 9.59 Å². The van der Waals surface area contributed by atoms with E-state index in [4.69, 9.17) is 37.6 Å². The molecule has 2 aromatic carbocycles. The van der Waals surface area contributed by atoms with Gasteiger partial charge < -0.3 is 37.6 Å². The molecule has 282 valence electrons. The second-order valence-electron chi connectivity index (χ2n) is 17.2. The normalized spacial score (nSPS) is 33.9. The van der Waals surface area contributed by atoms with Gasteiger partial charge in [-0.1, -0.05) is 27.7 Å². The molecule has 4 bridgehead atoms. The fraction of sp³-hybridized carbons (Fsp3) is 0.575. The summed E-state index contributed by atoms with van der Waals surface area (Å²) in [6.07, 6.45) is -1.63. The summed E-state index contributed by atoms with van der Waals surface area (Å²) < 4.78 is 48.8. The van der Waals surface area contributed by atoms with Crippen LogP contribution >= 0.6 is 0 Å². The molecule has 53 heavy (non-hydrogen) atoms. The zero-order chi connectivity index (χ0) is 38.5. The maximum atomic E-state index is 14.8. The fourth-order valence-electron chi connectivity index (χ4n) is 9.62. The van der Waals surface area contributed by atoms with Crippen LogP contribution in [0.15, 0.2) is 33.5 Å². The Balaban J connectivity index is 1.34. The highest BCUT2D eigenvalue weighted by molar-refractivity contribution is 5.98. The van der Waals surface area contributed by atoms with Crippen LogP contribution in [0.5, 0.6) is 17.2 Å². The molecule has 3 aliphatic heterocycles. The molecular weight excluding hydrogens is 688 g/mol. The van der Waals surface area contributed by atoms with E-state index in [1.807, 2.05) is 13.8 Å². The molecule has 0 radical (unpaired) electrons. The predicted molar refractivity (Wildman–Crippen MR) is 186 cm³/mol. The Bertz CT molecular complexity index is 2250. The lowest BCUT2D eigenvalue weighted by Crippen LogP contribution is -2.57. The molecule has 13 nitrogen and oxygen atoms in total. The number of benzene rings is 2. The van der Waals surface area contributed by atoms with E-state index in [2.05, 4.69) is 0 Å². The molecule has 3 aromatic rings. The molecule has 2 aliphatic carbocycles. The molecular formula is C40H44O13. The van der Waals surface area contributed by atoms with Crippen LogP contribution in [0.25, 0.3) is 21.9 Å². The molecule has 2 saturated heterocycles. The molecule has 0 amide bonds. The van der Waals surface area contributed by atoms with Crippen LogP contribution < -0.4 is 19.6 Å². The number of ether oxygens (including phenoxy) is 7. The Hall–Kier alpha value is -4.81. The Labute approximate surface area is 305 Å². The van der Waals surface area contributed by atoms with Crippen LogP contribution in [0.3, 0.4) is 0 Å². The van der Waals surface area contributed by atoms with Crippen molar-refractivity contribution in [3.05, 3.63) is 40.1 Å². The van der Waals surface area contributed by atoms with Crippen molar-refractivity contribution in [1.82, 2.24) is 0 Å². The summed E-state index contributed by atoms with van der Waals surface area (Å²) in [6.45, 7) is 14.1. The Kier molecular flexibility index (Phi) is 6.94. The second kappa shape index (κ2) is 10.4. The fourth-order valence-corrected chi connectivity index (χ4v) is 9.62. The number of esters is 4. The standard InChI is InChI=1S/C40H44O13/c1-34(2)29(50-33(45)40-16-14-38(8,31(43)53-40)36(40,5)6)28(49-32(44)39-15-13-37(7,30(42)52-39)35(39,3)4)25-23(51-34)18-22(47-10)24-26(41)20-12-11-19(46-9)17-21(20)48-27(24)25/h11-12,17-18,28-29H,13-16H2,1-10H3/t28-,29-,37?,38?,39?,40?/m1/s1. The van der Waals surface area contributed by atoms with Gasteiger partial charge in [0.15, 0.2) is 17.8 Å². The third kappa shape index (κ3) is 4.00. The van der Waals surface area contributed by atoms with E-state index < -0.39 is 80.0 Å². The Morgan fingerprint density at radius 3 is 1.77 bits per heavy atom. The molecule has 4 heterocycles. The summed E-state index contributed by atoms with van der Waals surface area (Å²) >= 11 is 0. The first-order valence-electron chi connectivity index (χ1n) is 17.9. The van der Waals surface area contributed by atoms with Crippen molar-refractivity contribution in [1.29, 1.82) is 0 Å². The van der Waals surface area contributed by atoms with E-state index in [1.54, 1.807) is 59.7 Å². The first-order valence-corrected chi connectivity index (χ1v) is 17.9. The van der Waals surface area contributed by atoms with Gasteiger partial charge in [-0.05, 0) is 65.5 Å².